The van der Waals surface area contributed by atoms with Crippen molar-refractivity contribution >= 4 is 21.9 Å². The van der Waals surface area contributed by atoms with Crippen molar-refractivity contribution in [1.82, 2.24) is 0 Å². The molecule has 96 valence electrons. The zero-order valence-electron chi connectivity index (χ0n) is 9.14. The first-order chi connectivity index (χ1) is 8.29. The lowest BCUT2D eigenvalue weighted by Gasteiger charge is -2.13. The number of hydrogen-bond acceptors (Lipinski definition) is 3. The Morgan fingerprint density at radius 1 is 1.50 bits per heavy atom. The highest BCUT2D eigenvalue weighted by molar-refractivity contribution is 9.10. The molecule has 0 radical (unpaired) electrons. The van der Waals surface area contributed by atoms with Crippen LogP contribution in [-0.2, 0) is 22.1 Å². The minimum absolute atomic E-state index is 0.143. The van der Waals surface area contributed by atoms with Gasteiger partial charge in [-0.3, -0.25) is 4.79 Å². The molecule has 1 aromatic rings. The Balaban J connectivity index is 3.36. The van der Waals surface area contributed by atoms with Crippen LogP contribution in [0.25, 0.3) is 0 Å². The van der Waals surface area contributed by atoms with Gasteiger partial charge >= 0.3 is 12.1 Å². The first-order valence-electron chi connectivity index (χ1n) is 4.66. The molecule has 0 bridgehead atoms. The molecule has 0 aromatic heterocycles. The van der Waals surface area contributed by atoms with Crippen LogP contribution in [0.1, 0.15) is 16.7 Å². The molecular formula is C11H7BrF3NO2. The van der Waals surface area contributed by atoms with E-state index in [1.807, 2.05) is 0 Å². The second kappa shape index (κ2) is 5.40. The lowest BCUT2D eigenvalue weighted by molar-refractivity contribution is -0.141. The standard InChI is InChI=1S/C11H7BrF3NO2/c1-18-10(17)4-6-3-9(12)7(5-16)2-8(6)11(13,14)15/h2-3H,4H2,1H3. The molecule has 0 saturated heterocycles. The van der Waals surface area contributed by atoms with Crippen molar-refractivity contribution in [3.05, 3.63) is 33.3 Å². The van der Waals surface area contributed by atoms with Crippen molar-refractivity contribution in [1.29, 1.82) is 5.26 Å². The summed E-state index contributed by atoms with van der Waals surface area (Å²) in [7, 11) is 1.09. The van der Waals surface area contributed by atoms with Crippen LogP contribution in [0.2, 0.25) is 0 Å². The molecule has 1 aromatic carbocycles. The number of nitriles is 1. The summed E-state index contributed by atoms with van der Waals surface area (Å²) in [6.45, 7) is 0. The SMILES string of the molecule is COC(=O)Cc1cc(Br)c(C#N)cc1C(F)(F)F. The van der Waals surface area contributed by atoms with Crippen LogP contribution in [0, 0.1) is 11.3 Å². The molecule has 0 aliphatic heterocycles. The van der Waals surface area contributed by atoms with E-state index >= 15 is 0 Å². The predicted octanol–water partition coefficient (Wildman–Crippen LogP) is 3.06. The highest BCUT2D eigenvalue weighted by Gasteiger charge is 2.34. The minimum Gasteiger partial charge on any atom is -0.469 e. The summed E-state index contributed by atoms with van der Waals surface area (Å²) in [4.78, 5) is 11.1. The third kappa shape index (κ3) is 3.23. The van der Waals surface area contributed by atoms with Crippen LogP contribution in [0.3, 0.4) is 0 Å². The molecule has 18 heavy (non-hydrogen) atoms. The Labute approximate surface area is 109 Å². The van der Waals surface area contributed by atoms with Crippen LogP contribution in [0.4, 0.5) is 13.2 Å². The molecule has 0 fully saturated rings. The topological polar surface area (TPSA) is 50.1 Å². The van der Waals surface area contributed by atoms with Crippen molar-refractivity contribution in [3.63, 3.8) is 0 Å². The van der Waals surface area contributed by atoms with E-state index in [2.05, 4.69) is 20.7 Å². The van der Waals surface area contributed by atoms with Gasteiger partial charge in [-0.05, 0) is 33.6 Å². The molecule has 0 heterocycles. The van der Waals surface area contributed by atoms with Gasteiger partial charge < -0.3 is 4.74 Å². The maximum absolute atomic E-state index is 12.8. The van der Waals surface area contributed by atoms with E-state index in [9.17, 15) is 18.0 Å². The smallest absolute Gasteiger partial charge is 0.416 e. The number of benzene rings is 1. The Bertz CT molecular complexity index is 520. The highest BCUT2D eigenvalue weighted by atomic mass is 79.9. The number of halogens is 4. The second-order valence-electron chi connectivity index (χ2n) is 3.35. The van der Waals surface area contributed by atoms with Crippen molar-refractivity contribution < 1.29 is 22.7 Å². The first kappa shape index (κ1) is 14.5. The van der Waals surface area contributed by atoms with Gasteiger partial charge in [-0.1, -0.05) is 0 Å². The lowest BCUT2D eigenvalue weighted by Crippen LogP contribution is -2.14. The largest absolute Gasteiger partial charge is 0.469 e. The Kier molecular flexibility index (Phi) is 4.35. The van der Waals surface area contributed by atoms with Gasteiger partial charge in [0.25, 0.3) is 0 Å². The fraction of sp³-hybridized carbons (Fsp3) is 0.273. The third-order valence-corrected chi connectivity index (χ3v) is 2.84. The number of nitrogens with zero attached hydrogens (tertiary/aromatic N) is 1. The molecule has 0 aliphatic carbocycles. The number of hydrogen-bond donors (Lipinski definition) is 0. The number of carbonyl (C=O) groups excluding carboxylic acids is 1. The van der Waals surface area contributed by atoms with Gasteiger partial charge in [0.2, 0.25) is 0 Å². The zero-order valence-corrected chi connectivity index (χ0v) is 10.7. The van der Waals surface area contributed by atoms with E-state index in [-0.39, 0.29) is 15.6 Å². The highest BCUT2D eigenvalue weighted by Crippen LogP contribution is 2.35. The fourth-order valence-electron chi connectivity index (χ4n) is 1.34. The van der Waals surface area contributed by atoms with Crippen molar-refractivity contribution in [2.75, 3.05) is 7.11 Å². The summed E-state index contributed by atoms with van der Waals surface area (Å²) < 4.78 is 42.9. The number of esters is 1. The van der Waals surface area contributed by atoms with Crippen molar-refractivity contribution in [2.45, 2.75) is 12.6 Å². The summed E-state index contributed by atoms with van der Waals surface area (Å²) >= 11 is 2.98. The molecule has 0 unspecified atom stereocenters. The number of carbonyl (C=O) groups is 1. The number of alkyl halides is 3. The van der Waals surface area contributed by atoms with Gasteiger partial charge in [-0.2, -0.15) is 18.4 Å². The summed E-state index contributed by atoms with van der Waals surface area (Å²) in [5.41, 5.74) is -1.39. The van der Waals surface area contributed by atoms with Crippen molar-refractivity contribution in [2.24, 2.45) is 0 Å². The lowest BCUT2D eigenvalue weighted by atomic mass is 10.0. The number of methoxy groups -OCH3 is 1. The van der Waals surface area contributed by atoms with E-state index in [1.54, 1.807) is 6.07 Å². The van der Waals surface area contributed by atoms with Gasteiger partial charge in [0.15, 0.2) is 0 Å². The Morgan fingerprint density at radius 2 is 2.11 bits per heavy atom. The van der Waals surface area contributed by atoms with Crippen LogP contribution in [0.5, 0.6) is 0 Å². The van der Waals surface area contributed by atoms with Gasteiger partial charge in [-0.25, -0.2) is 0 Å². The Morgan fingerprint density at radius 3 is 2.56 bits per heavy atom. The molecular weight excluding hydrogens is 315 g/mol. The molecule has 7 heteroatoms. The van der Waals surface area contributed by atoms with Crippen LogP contribution in [0.15, 0.2) is 16.6 Å². The zero-order chi connectivity index (χ0) is 13.9. The summed E-state index contributed by atoms with van der Waals surface area (Å²) in [6.07, 6.45) is -5.13. The number of ether oxygens (including phenoxy) is 1. The predicted molar refractivity (Wildman–Crippen MR) is 59.6 cm³/mol. The molecule has 0 spiro atoms. The summed E-state index contributed by atoms with van der Waals surface area (Å²) in [5, 5.41) is 8.69. The van der Waals surface area contributed by atoms with Crippen LogP contribution < -0.4 is 0 Å². The third-order valence-electron chi connectivity index (χ3n) is 2.18. The maximum Gasteiger partial charge on any atom is 0.416 e. The van der Waals surface area contributed by atoms with Crippen molar-refractivity contribution in [3.8, 4) is 6.07 Å². The van der Waals surface area contributed by atoms with Gasteiger partial charge in [0.1, 0.15) is 6.07 Å². The minimum atomic E-state index is -4.63. The normalized spacial score (nSPS) is 10.9. The molecule has 0 amide bonds. The number of rotatable bonds is 2. The second-order valence-corrected chi connectivity index (χ2v) is 4.21. The molecule has 1 rings (SSSR count). The van der Waals surface area contributed by atoms with Crippen LogP contribution >= 0.6 is 15.9 Å². The van der Waals surface area contributed by atoms with E-state index in [1.165, 1.54) is 0 Å². The maximum atomic E-state index is 12.8. The molecule has 0 atom stereocenters. The van der Waals surface area contributed by atoms with Crippen LogP contribution in [-0.4, -0.2) is 13.1 Å². The molecule has 0 N–H and O–H groups in total. The summed E-state index contributed by atoms with van der Waals surface area (Å²) in [5.74, 6) is -0.780. The Hall–Kier alpha value is -1.55. The average Bonchev–Trinajstić information content (AvgIpc) is 2.27. The van der Waals surface area contributed by atoms with Gasteiger partial charge in [0.05, 0.1) is 24.7 Å². The van der Waals surface area contributed by atoms with Gasteiger partial charge in [-0.15, -0.1) is 0 Å². The average molecular weight is 322 g/mol. The van der Waals surface area contributed by atoms with Gasteiger partial charge in [0, 0.05) is 4.47 Å². The molecule has 0 aliphatic rings. The van der Waals surface area contributed by atoms with E-state index in [0.29, 0.717) is 6.07 Å². The summed E-state index contributed by atoms with van der Waals surface area (Å²) in [6, 6.07) is 3.46. The molecule has 0 saturated carbocycles. The van der Waals surface area contributed by atoms with E-state index < -0.39 is 24.1 Å². The fourth-order valence-corrected chi connectivity index (χ4v) is 1.82. The first-order valence-corrected chi connectivity index (χ1v) is 5.45. The quantitative estimate of drug-likeness (QED) is 0.787. The monoisotopic (exact) mass is 321 g/mol. The van der Waals surface area contributed by atoms with E-state index in [0.717, 1.165) is 13.2 Å². The van der Waals surface area contributed by atoms with E-state index in [4.69, 9.17) is 5.26 Å². The molecule has 3 nitrogen and oxygen atoms in total.